The summed E-state index contributed by atoms with van der Waals surface area (Å²) in [6.07, 6.45) is 0.658. The van der Waals surface area contributed by atoms with Crippen LogP contribution in [-0.2, 0) is 4.79 Å². The average molecular weight is 506 g/mol. The molecule has 2 amide bonds. The molecule has 8 nitrogen and oxygen atoms in total. The van der Waals surface area contributed by atoms with E-state index in [0.717, 1.165) is 22.8 Å². The maximum atomic E-state index is 14.3. The molecule has 1 atom stereocenters. The molecule has 9 heteroatoms. The number of ether oxygens (including phenoxy) is 1. The standard InChI is InChI=1S/C28H32FN5O3/c1-4-20(2)34(28(36)23-10-5-6-11-24(23)29)19-27(35)33-16-14-32(15-17-33)26-13-12-25(30-31-26)21-8-7-9-22(18-21)37-3/h5-13,18,20H,4,14-17,19H2,1-3H3/t20-/m1/s1. The van der Waals surface area contributed by atoms with Crippen LogP contribution >= 0.6 is 0 Å². The summed E-state index contributed by atoms with van der Waals surface area (Å²) in [5.41, 5.74) is 1.65. The fraction of sp³-hybridized carbons (Fsp3) is 0.357. The predicted molar refractivity (Wildman–Crippen MR) is 140 cm³/mol. The van der Waals surface area contributed by atoms with Crippen molar-refractivity contribution in [3.05, 3.63) is 72.0 Å². The molecule has 194 valence electrons. The molecule has 0 spiro atoms. The van der Waals surface area contributed by atoms with Gasteiger partial charge in [-0.05, 0) is 49.7 Å². The Balaban J connectivity index is 1.37. The van der Waals surface area contributed by atoms with Gasteiger partial charge in [-0.2, -0.15) is 0 Å². The first-order chi connectivity index (χ1) is 17.9. The number of anilines is 1. The summed E-state index contributed by atoms with van der Waals surface area (Å²) in [5, 5.41) is 8.77. The minimum Gasteiger partial charge on any atom is -0.497 e. The maximum Gasteiger partial charge on any atom is 0.257 e. The molecule has 0 N–H and O–H groups in total. The van der Waals surface area contributed by atoms with E-state index in [1.54, 1.807) is 24.1 Å². The number of halogens is 1. The van der Waals surface area contributed by atoms with Crippen LogP contribution in [0.5, 0.6) is 5.75 Å². The summed E-state index contributed by atoms with van der Waals surface area (Å²) in [7, 11) is 1.63. The number of amides is 2. The number of benzene rings is 2. The van der Waals surface area contributed by atoms with Gasteiger partial charge in [0.1, 0.15) is 18.1 Å². The smallest absolute Gasteiger partial charge is 0.257 e. The van der Waals surface area contributed by atoms with Crippen molar-refractivity contribution in [2.45, 2.75) is 26.3 Å². The monoisotopic (exact) mass is 505 g/mol. The summed E-state index contributed by atoms with van der Waals surface area (Å²) in [6.45, 7) is 5.93. The Hall–Kier alpha value is -4.01. The van der Waals surface area contributed by atoms with Crippen LogP contribution < -0.4 is 9.64 Å². The van der Waals surface area contributed by atoms with E-state index in [1.165, 1.54) is 17.0 Å². The highest BCUT2D eigenvalue weighted by Gasteiger charge is 2.29. The Morgan fingerprint density at radius 1 is 1.03 bits per heavy atom. The summed E-state index contributed by atoms with van der Waals surface area (Å²) < 4.78 is 19.5. The number of carbonyl (C=O) groups is 2. The van der Waals surface area contributed by atoms with E-state index in [0.29, 0.717) is 32.6 Å². The van der Waals surface area contributed by atoms with Gasteiger partial charge in [-0.3, -0.25) is 9.59 Å². The Bertz CT molecular complexity index is 1230. The highest BCUT2D eigenvalue weighted by molar-refractivity contribution is 5.97. The van der Waals surface area contributed by atoms with Crippen LogP contribution in [0.3, 0.4) is 0 Å². The van der Waals surface area contributed by atoms with Crippen molar-refractivity contribution in [3.8, 4) is 17.0 Å². The quantitative estimate of drug-likeness (QED) is 0.462. The number of piperazine rings is 1. The summed E-state index contributed by atoms with van der Waals surface area (Å²) in [6, 6.07) is 17.2. The van der Waals surface area contributed by atoms with Gasteiger partial charge in [-0.1, -0.05) is 31.2 Å². The number of methoxy groups -OCH3 is 1. The van der Waals surface area contributed by atoms with Gasteiger partial charge in [0.15, 0.2) is 5.82 Å². The fourth-order valence-corrected chi connectivity index (χ4v) is 4.30. The summed E-state index contributed by atoms with van der Waals surface area (Å²) in [5.74, 6) is 0.303. The van der Waals surface area contributed by atoms with Crippen LogP contribution in [0.15, 0.2) is 60.7 Å². The summed E-state index contributed by atoms with van der Waals surface area (Å²) in [4.78, 5) is 31.5. The Kier molecular flexibility index (Phi) is 8.32. The highest BCUT2D eigenvalue weighted by atomic mass is 19.1. The molecule has 3 aromatic rings. The van der Waals surface area contributed by atoms with E-state index >= 15 is 0 Å². The van der Waals surface area contributed by atoms with Crippen LogP contribution in [0, 0.1) is 5.82 Å². The van der Waals surface area contributed by atoms with Crippen LogP contribution in [0.1, 0.15) is 30.6 Å². The zero-order valence-electron chi connectivity index (χ0n) is 21.4. The van der Waals surface area contributed by atoms with Crippen molar-refractivity contribution in [3.63, 3.8) is 0 Å². The van der Waals surface area contributed by atoms with Gasteiger partial charge >= 0.3 is 0 Å². The Morgan fingerprint density at radius 3 is 2.43 bits per heavy atom. The highest BCUT2D eigenvalue weighted by Crippen LogP contribution is 2.23. The number of aromatic nitrogens is 2. The molecule has 2 aromatic carbocycles. The van der Waals surface area contributed by atoms with Crippen molar-refractivity contribution in [2.24, 2.45) is 0 Å². The van der Waals surface area contributed by atoms with Crippen molar-refractivity contribution in [1.29, 1.82) is 0 Å². The van der Waals surface area contributed by atoms with Crippen molar-refractivity contribution in [1.82, 2.24) is 20.0 Å². The van der Waals surface area contributed by atoms with Gasteiger partial charge in [0, 0.05) is 37.8 Å². The second-order valence-corrected chi connectivity index (χ2v) is 9.05. The van der Waals surface area contributed by atoms with Gasteiger partial charge in [0.05, 0.1) is 18.4 Å². The van der Waals surface area contributed by atoms with Crippen molar-refractivity contribution in [2.75, 3.05) is 44.7 Å². The molecule has 0 unspecified atom stereocenters. The SMILES string of the molecule is CC[C@@H](C)N(CC(=O)N1CCN(c2ccc(-c3cccc(OC)c3)nn2)CC1)C(=O)c1ccccc1F. The van der Waals surface area contributed by atoms with Gasteiger partial charge in [0.25, 0.3) is 5.91 Å². The van der Waals surface area contributed by atoms with E-state index in [2.05, 4.69) is 15.1 Å². The molecular weight excluding hydrogens is 473 g/mol. The number of hydrogen-bond donors (Lipinski definition) is 0. The minimum absolute atomic E-state index is 0.0172. The zero-order chi connectivity index (χ0) is 26.4. The minimum atomic E-state index is -0.583. The molecule has 1 aromatic heterocycles. The lowest BCUT2D eigenvalue weighted by molar-refractivity contribution is -0.132. The van der Waals surface area contributed by atoms with E-state index in [1.807, 2.05) is 50.2 Å². The van der Waals surface area contributed by atoms with Crippen LogP contribution in [-0.4, -0.2) is 77.7 Å². The molecule has 0 aliphatic carbocycles. The molecule has 1 fully saturated rings. The second kappa shape index (κ2) is 11.8. The topological polar surface area (TPSA) is 78.9 Å². The first-order valence-electron chi connectivity index (χ1n) is 12.5. The average Bonchev–Trinajstić information content (AvgIpc) is 2.95. The second-order valence-electron chi connectivity index (χ2n) is 9.05. The molecule has 1 aliphatic rings. The van der Waals surface area contributed by atoms with E-state index < -0.39 is 11.7 Å². The lowest BCUT2D eigenvalue weighted by atomic mass is 10.1. The lowest BCUT2D eigenvalue weighted by Gasteiger charge is -2.37. The molecule has 0 bridgehead atoms. The first-order valence-corrected chi connectivity index (χ1v) is 12.5. The molecular formula is C28H32FN5O3. The third-order valence-electron chi connectivity index (χ3n) is 6.77. The molecule has 0 radical (unpaired) electrons. The van der Waals surface area contributed by atoms with E-state index in [-0.39, 0.29) is 24.1 Å². The zero-order valence-corrected chi connectivity index (χ0v) is 21.4. The van der Waals surface area contributed by atoms with Crippen LogP contribution in [0.2, 0.25) is 0 Å². The molecule has 37 heavy (non-hydrogen) atoms. The number of carbonyl (C=O) groups excluding carboxylic acids is 2. The normalized spacial score (nSPS) is 14.3. The maximum absolute atomic E-state index is 14.3. The fourth-order valence-electron chi connectivity index (χ4n) is 4.30. The molecule has 2 heterocycles. The Morgan fingerprint density at radius 2 is 1.78 bits per heavy atom. The third kappa shape index (κ3) is 6.04. The molecule has 0 saturated carbocycles. The lowest BCUT2D eigenvalue weighted by Crippen LogP contribution is -2.53. The van der Waals surface area contributed by atoms with Gasteiger partial charge in [0.2, 0.25) is 5.91 Å². The largest absolute Gasteiger partial charge is 0.497 e. The van der Waals surface area contributed by atoms with Crippen molar-refractivity contribution >= 4 is 17.6 Å². The Labute approximate surface area is 216 Å². The summed E-state index contributed by atoms with van der Waals surface area (Å²) >= 11 is 0. The van der Waals surface area contributed by atoms with E-state index in [9.17, 15) is 14.0 Å². The predicted octanol–water partition coefficient (Wildman–Crippen LogP) is 3.88. The first kappa shape index (κ1) is 26.1. The number of nitrogens with zero attached hydrogens (tertiary/aromatic N) is 5. The third-order valence-corrected chi connectivity index (χ3v) is 6.77. The number of rotatable bonds is 8. The van der Waals surface area contributed by atoms with Crippen LogP contribution in [0.25, 0.3) is 11.3 Å². The molecule has 1 saturated heterocycles. The van der Waals surface area contributed by atoms with Crippen molar-refractivity contribution < 1.29 is 18.7 Å². The van der Waals surface area contributed by atoms with E-state index in [4.69, 9.17) is 4.74 Å². The van der Waals surface area contributed by atoms with Gasteiger partial charge in [-0.25, -0.2) is 4.39 Å². The van der Waals surface area contributed by atoms with Crippen LogP contribution in [0.4, 0.5) is 10.2 Å². The molecule has 1 aliphatic heterocycles. The molecule has 4 rings (SSSR count). The van der Waals surface area contributed by atoms with Gasteiger partial charge < -0.3 is 19.4 Å². The number of hydrogen-bond acceptors (Lipinski definition) is 6. The van der Waals surface area contributed by atoms with Gasteiger partial charge in [-0.15, -0.1) is 10.2 Å².